The minimum Gasteiger partial charge on any atom is -0.496 e. The van der Waals surface area contributed by atoms with Crippen molar-refractivity contribution in [2.75, 3.05) is 37.0 Å². The second-order valence-corrected chi connectivity index (χ2v) is 10.3. The first-order chi connectivity index (χ1) is 18.6. The number of fused-ring (bicyclic) bond motifs is 1. The molecule has 1 N–H and O–H groups in total. The van der Waals surface area contributed by atoms with Gasteiger partial charge in [-0.15, -0.1) is 0 Å². The number of hydrogen-bond acceptors (Lipinski definition) is 7. The van der Waals surface area contributed by atoms with Crippen molar-refractivity contribution in [1.82, 2.24) is 24.4 Å². The van der Waals surface area contributed by atoms with Gasteiger partial charge in [0.2, 0.25) is 5.95 Å². The molecule has 0 saturated carbocycles. The molecule has 8 heteroatoms. The summed E-state index contributed by atoms with van der Waals surface area (Å²) in [5, 5.41) is 3.40. The lowest BCUT2D eigenvalue weighted by molar-refractivity contribution is 0.241. The van der Waals surface area contributed by atoms with Gasteiger partial charge in [-0.2, -0.15) is 4.98 Å². The van der Waals surface area contributed by atoms with Crippen molar-refractivity contribution in [3.05, 3.63) is 82.9 Å². The Morgan fingerprint density at radius 2 is 1.82 bits per heavy atom. The first-order valence-electron chi connectivity index (χ1n) is 13.4. The topological polar surface area (TPSA) is 71.3 Å². The molecule has 6 rings (SSSR count). The van der Waals surface area contributed by atoms with Crippen LogP contribution in [0, 0.1) is 13.8 Å². The third-order valence-electron chi connectivity index (χ3n) is 7.72. The molecule has 0 spiro atoms. The molecule has 2 aromatic carbocycles. The van der Waals surface area contributed by atoms with Crippen molar-refractivity contribution >= 4 is 17.6 Å². The average Bonchev–Trinajstić information content (AvgIpc) is 3.63. The summed E-state index contributed by atoms with van der Waals surface area (Å²) >= 11 is 0. The highest BCUT2D eigenvalue weighted by atomic mass is 16.5. The van der Waals surface area contributed by atoms with Crippen LogP contribution in [0.5, 0.6) is 5.75 Å². The van der Waals surface area contributed by atoms with E-state index in [2.05, 4.69) is 70.3 Å². The van der Waals surface area contributed by atoms with Gasteiger partial charge < -0.3 is 19.5 Å². The van der Waals surface area contributed by atoms with Crippen molar-refractivity contribution in [2.45, 2.75) is 46.2 Å². The van der Waals surface area contributed by atoms with Crippen LogP contribution < -0.4 is 15.0 Å². The first kappa shape index (κ1) is 24.4. The number of rotatable bonds is 7. The Bertz CT molecular complexity index is 1430. The van der Waals surface area contributed by atoms with E-state index < -0.39 is 0 Å². The molecule has 4 heterocycles. The molecule has 0 radical (unpaired) electrons. The van der Waals surface area contributed by atoms with E-state index in [1.165, 1.54) is 29.5 Å². The number of anilines is 3. The Morgan fingerprint density at radius 3 is 2.61 bits per heavy atom. The predicted octanol–water partition coefficient (Wildman–Crippen LogP) is 5.19. The highest BCUT2D eigenvalue weighted by Gasteiger charge is 2.26. The van der Waals surface area contributed by atoms with Crippen LogP contribution in [0.1, 0.15) is 40.8 Å². The number of nitrogens with one attached hydrogen (secondary N) is 1. The lowest BCUT2D eigenvalue weighted by Crippen LogP contribution is -2.33. The summed E-state index contributed by atoms with van der Waals surface area (Å²) in [6.07, 6.45) is 7.19. The van der Waals surface area contributed by atoms with Crippen molar-refractivity contribution < 1.29 is 4.74 Å². The van der Waals surface area contributed by atoms with Gasteiger partial charge in [-0.3, -0.25) is 4.90 Å². The van der Waals surface area contributed by atoms with Crippen molar-refractivity contribution in [3.8, 4) is 11.4 Å². The van der Waals surface area contributed by atoms with Crippen LogP contribution in [0.3, 0.4) is 0 Å². The second kappa shape index (κ2) is 10.5. The van der Waals surface area contributed by atoms with E-state index in [0.717, 1.165) is 67.7 Å². The van der Waals surface area contributed by atoms with Crippen LogP contribution in [0.15, 0.2) is 55.0 Å². The Hall–Kier alpha value is -3.91. The number of nitrogens with zero attached hydrogens (tertiary/aromatic N) is 6. The van der Waals surface area contributed by atoms with E-state index in [1.807, 2.05) is 23.2 Å². The van der Waals surface area contributed by atoms with Crippen molar-refractivity contribution in [2.24, 2.45) is 0 Å². The van der Waals surface area contributed by atoms with E-state index >= 15 is 0 Å². The third-order valence-corrected chi connectivity index (χ3v) is 7.72. The average molecular weight is 510 g/mol. The lowest BCUT2D eigenvalue weighted by atomic mass is 10.0. The normalized spacial score (nSPS) is 15.5. The molecule has 1 fully saturated rings. The Balaban J connectivity index is 1.28. The number of methoxy groups -OCH3 is 1. The van der Waals surface area contributed by atoms with Gasteiger partial charge in [-0.25, -0.2) is 9.97 Å². The standard InChI is InChI=1S/C30H35N7O/c1-21-15-24(16-27(38-3)22(21)2)37-19-28(31-20-37)33-30-32-26-18-35(17-23-9-5-4-6-10-23)14-11-25(26)29(34-30)36-12-7-8-13-36/h4-6,9-10,15-16,19-20H,7-8,11-14,17-18H2,1-3H3,(H,32,33,34). The predicted molar refractivity (Wildman–Crippen MR) is 151 cm³/mol. The smallest absolute Gasteiger partial charge is 0.230 e. The summed E-state index contributed by atoms with van der Waals surface area (Å²) in [6, 6.07) is 14.9. The molecule has 2 aliphatic heterocycles. The number of aryl methyl sites for hydroxylation is 1. The van der Waals surface area contributed by atoms with E-state index in [-0.39, 0.29) is 0 Å². The van der Waals surface area contributed by atoms with Gasteiger partial charge in [-0.1, -0.05) is 30.3 Å². The molecule has 0 aliphatic carbocycles. The summed E-state index contributed by atoms with van der Waals surface area (Å²) < 4.78 is 7.57. The summed E-state index contributed by atoms with van der Waals surface area (Å²) in [7, 11) is 1.71. The van der Waals surface area contributed by atoms with E-state index in [4.69, 9.17) is 14.7 Å². The Morgan fingerprint density at radius 1 is 1.00 bits per heavy atom. The fourth-order valence-corrected chi connectivity index (χ4v) is 5.50. The molecule has 0 amide bonds. The molecule has 0 unspecified atom stereocenters. The molecule has 196 valence electrons. The maximum absolute atomic E-state index is 5.57. The molecule has 2 aliphatic rings. The summed E-state index contributed by atoms with van der Waals surface area (Å²) in [4.78, 5) is 19.5. The quantitative estimate of drug-likeness (QED) is 0.368. The van der Waals surface area contributed by atoms with E-state index in [0.29, 0.717) is 11.8 Å². The monoisotopic (exact) mass is 509 g/mol. The Kier molecular flexibility index (Phi) is 6.72. The summed E-state index contributed by atoms with van der Waals surface area (Å²) in [5.41, 5.74) is 7.08. The molecular formula is C30H35N7O. The first-order valence-corrected chi connectivity index (χ1v) is 13.4. The minimum absolute atomic E-state index is 0.607. The zero-order chi connectivity index (χ0) is 26.1. The van der Waals surface area contributed by atoms with Crippen LogP contribution in [0.25, 0.3) is 5.69 Å². The van der Waals surface area contributed by atoms with Crippen molar-refractivity contribution in [1.29, 1.82) is 0 Å². The maximum Gasteiger partial charge on any atom is 0.230 e. The second-order valence-electron chi connectivity index (χ2n) is 10.3. The lowest BCUT2D eigenvalue weighted by Gasteiger charge is -2.31. The number of aromatic nitrogens is 4. The largest absolute Gasteiger partial charge is 0.496 e. The summed E-state index contributed by atoms with van der Waals surface area (Å²) in [6.45, 7) is 9.04. The SMILES string of the molecule is COc1cc(-n2cnc(Nc3nc4c(c(N5CCCC5)n3)CCN(Cc3ccccc3)C4)c2)cc(C)c1C. The molecular weight excluding hydrogens is 474 g/mol. The van der Waals surface area contributed by atoms with Gasteiger partial charge in [-0.05, 0) is 55.9 Å². The van der Waals surface area contributed by atoms with Gasteiger partial charge in [0.05, 0.1) is 24.7 Å². The number of hydrogen-bond donors (Lipinski definition) is 1. The van der Waals surface area contributed by atoms with Crippen LogP contribution in [0.4, 0.5) is 17.6 Å². The zero-order valence-corrected chi connectivity index (χ0v) is 22.4. The molecule has 2 aromatic heterocycles. The van der Waals surface area contributed by atoms with Gasteiger partial charge in [0, 0.05) is 44.4 Å². The van der Waals surface area contributed by atoms with Crippen molar-refractivity contribution in [3.63, 3.8) is 0 Å². The third kappa shape index (κ3) is 4.96. The molecule has 8 nitrogen and oxygen atoms in total. The molecule has 0 bridgehead atoms. The number of ether oxygens (including phenoxy) is 1. The van der Waals surface area contributed by atoms with Crippen LogP contribution in [-0.2, 0) is 19.5 Å². The minimum atomic E-state index is 0.607. The Labute approximate surface area is 224 Å². The van der Waals surface area contributed by atoms with Gasteiger partial charge in [0.1, 0.15) is 17.9 Å². The molecule has 1 saturated heterocycles. The fourth-order valence-electron chi connectivity index (χ4n) is 5.50. The van der Waals surface area contributed by atoms with E-state index in [9.17, 15) is 0 Å². The van der Waals surface area contributed by atoms with Crippen LogP contribution in [-0.4, -0.2) is 51.2 Å². The number of imidazole rings is 1. The van der Waals surface area contributed by atoms with Crippen LogP contribution in [0.2, 0.25) is 0 Å². The van der Waals surface area contributed by atoms with Gasteiger partial charge in [0.15, 0.2) is 5.82 Å². The highest BCUT2D eigenvalue weighted by molar-refractivity contribution is 5.58. The van der Waals surface area contributed by atoms with E-state index in [1.54, 1.807) is 7.11 Å². The fraction of sp³-hybridized carbons (Fsp3) is 0.367. The molecule has 4 aromatic rings. The van der Waals surface area contributed by atoms with Gasteiger partial charge in [0.25, 0.3) is 0 Å². The number of benzene rings is 2. The summed E-state index contributed by atoms with van der Waals surface area (Å²) in [5.74, 6) is 3.28. The molecule has 38 heavy (non-hydrogen) atoms. The van der Waals surface area contributed by atoms with Gasteiger partial charge >= 0.3 is 0 Å². The highest BCUT2D eigenvalue weighted by Crippen LogP contribution is 2.31. The molecule has 0 atom stereocenters. The van der Waals surface area contributed by atoms with Crippen LogP contribution >= 0.6 is 0 Å². The maximum atomic E-state index is 5.57. The zero-order valence-electron chi connectivity index (χ0n) is 22.4.